The summed E-state index contributed by atoms with van der Waals surface area (Å²) in [5.41, 5.74) is 5.04. The number of benzene rings is 4. The maximum absolute atomic E-state index is 13.6. The maximum Gasteiger partial charge on any atom is 0.348 e. The lowest BCUT2D eigenvalue weighted by Gasteiger charge is -2.42. The summed E-state index contributed by atoms with van der Waals surface area (Å²) in [5.74, 6) is 1.04. The lowest BCUT2D eigenvalue weighted by molar-refractivity contribution is -0.132. The molecule has 4 aromatic carbocycles. The van der Waals surface area contributed by atoms with Crippen molar-refractivity contribution < 1.29 is 19.8 Å². The minimum atomic E-state index is -0.457. The Bertz CT molecular complexity index is 3010. The Balaban J connectivity index is 0.845. The number of aromatic amines is 1. The number of carbonyl (C=O) groups is 2. The number of anilines is 3. The van der Waals surface area contributed by atoms with Gasteiger partial charge in [0.15, 0.2) is 5.82 Å². The summed E-state index contributed by atoms with van der Waals surface area (Å²) in [6, 6.07) is 24.6. The van der Waals surface area contributed by atoms with Crippen LogP contribution in [0.2, 0.25) is 5.02 Å². The monoisotopic (exact) mass is 950 g/mol. The number of rotatable bonds is 13. The molecule has 17 nitrogen and oxygen atoms in total. The number of halogens is 1. The van der Waals surface area contributed by atoms with Gasteiger partial charge in [0.2, 0.25) is 17.8 Å². The average molecular weight is 952 g/mol. The molecule has 5 heterocycles. The predicted molar refractivity (Wildman–Crippen MR) is 266 cm³/mol. The summed E-state index contributed by atoms with van der Waals surface area (Å²) in [7, 11) is 0. The molecular weight excluding hydrogens is 896 g/mol. The number of nitrogens with zero attached hydrogens (tertiary/aromatic N) is 10. The van der Waals surface area contributed by atoms with Crippen molar-refractivity contribution in [1.82, 2.24) is 39.4 Å². The van der Waals surface area contributed by atoms with Crippen LogP contribution in [0.5, 0.6) is 11.5 Å². The van der Waals surface area contributed by atoms with Crippen LogP contribution < -0.4 is 20.8 Å². The van der Waals surface area contributed by atoms with Crippen LogP contribution in [0.1, 0.15) is 55.0 Å². The first-order chi connectivity index (χ1) is 33.4. The van der Waals surface area contributed by atoms with Gasteiger partial charge in [-0.15, -0.1) is 0 Å². The fraction of sp³-hybridized carbons (Fsp3) is 0.353. The van der Waals surface area contributed by atoms with Gasteiger partial charge in [-0.1, -0.05) is 68.4 Å². The van der Waals surface area contributed by atoms with Crippen LogP contribution in [0.3, 0.4) is 0 Å². The normalized spacial score (nSPS) is 16.4. The van der Waals surface area contributed by atoms with Crippen LogP contribution in [-0.2, 0) is 29.1 Å². The van der Waals surface area contributed by atoms with Crippen molar-refractivity contribution in [3.05, 3.63) is 123 Å². The molecule has 0 bridgehead atoms. The van der Waals surface area contributed by atoms with Crippen molar-refractivity contribution in [3.8, 4) is 34.6 Å². The highest BCUT2D eigenvalue weighted by Crippen LogP contribution is 2.39. The predicted octanol–water partition coefficient (Wildman–Crippen LogP) is 6.18. The van der Waals surface area contributed by atoms with Crippen LogP contribution in [0.4, 0.5) is 17.5 Å². The molecule has 6 aromatic rings. The van der Waals surface area contributed by atoms with Crippen LogP contribution in [0.25, 0.3) is 27.8 Å². The Morgan fingerprint density at radius 2 is 1.74 bits per heavy atom. The molecule has 1 atom stereocenters. The Kier molecular flexibility index (Phi) is 13.6. The number of piperazine rings is 2. The van der Waals surface area contributed by atoms with Crippen molar-refractivity contribution in [2.45, 2.75) is 58.2 Å². The molecule has 9 rings (SSSR count). The highest BCUT2D eigenvalue weighted by Gasteiger charge is 2.34. The lowest BCUT2D eigenvalue weighted by Crippen LogP contribution is -2.55. The molecule has 0 radical (unpaired) electrons. The number of aromatic hydroxyl groups is 2. The number of H-pyrrole nitrogens is 1. The number of fused-ring (bicyclic) bond motifs is 2. The molecule has 2 aromatic heterocycles. The minimum Gasteiger partial charge on any atom is -0.508 e. The molecular formula is C51H55ClN12O5. The summed E-state index contributed by atoms with van der Waals surface area (Å²) in [4.78, 5) is 59.8. The Labute approximate surface area is 404 Å². The smallest absolute Gasteiger partial charge is 0.348 e. The van der Waals surface area contributed by atoms with Gasteiger partial charge in [-0.3, -0.25) is 14.5 Å². The zero-order valence-electron chi connectivity index (χ0n) is 38.7. The second kappa shape index (κ2) is 20.0. The molecule has 69 heavy (non-hydrogen) atoms. The standard InChI is InChI=1S/C51H55ClN12O5/c1-4-45(67)63-26-25-62(30-36(63)15-18-53)48-37-17-20-61(42-10-6-8-34-7-5-9-40(52)47(34)42)31-41(37)55-50(56-48)54-19-16-46(68)60-23-21-59(22-24-60)29-33-11-13-35(14-12-33)64-49(57-58-51(64)69)39-27-38(32(2)3)43(65)28-44(39)66/h4-14,27-28,32,36,65-66H,1,15-17,19-26,29-31H2,2-3H3,(H,58,69)(H,54,55,56). The largest absolute Gasteiger partial charge is 0.508 e. The van der Waals surface area contributed by atoms with E-state index in [1.807, 2.05) is 61.2 Å². The first-order valence-electron chi connectivity index (χ1n) is 23.3. The zero-order chi connectivity index (χ0) is 48.3. The first-order valence-corrected chi connectivity index (χ1v) is 23.7. The van der Waals surface area contributed by atoms with Crippen LogP contribution in [0.15, 0.2) is 90.2 Å². The minimum absolute atomic E-state index is 0.0187. The Morgan fingerprint density at radius 1 is 0.971 bits per heavy atom. The maximum atomic E-state index is 13.6. The van der Waals surface area contributed by atoms with Gasteiger partial charge in [-0.2, -0.15) is 15.3 Å². The van der Waals surface area contributed by atoms with E-state index in [2.05, 4.69) is 61.1 Å². The van der Waals surface area contributed by atoms with Gasteiger partial charge in [-0.25, -0.2) is 19.4 Å². The van der Waals surface area contributed by atoms with Crippen molar-refractivity contribution in [3.63, 3.8) is 0 Å². The van der Waals surface area contributed by atoms with E-state index >= 15 is 0 Å². The topological polar surface area (TPSA) is 203 Å². The number of hydrogen-bond acceptors (Lipinski definition) is 13. The summed E-state index contributed by atoms with van der Waals surface area (Å²) >= 11 is 6.77. The van der Waals surface area contributed by atoms with Gasteiger partial charge in [0.1, 0.15) is 17.3 Å². The molecule has 1 unspecified atom stereocenters. The second-order valence-corrected chi connectivity index (χ2v) is 18.5. The lowest BCUT2D eigenvalue weighted by atomic mass is 9.98. The quantitative estimate of drug-likeness (QED) is 0.0957. The zero-order valence-corrected chi connectivity index (χ0v) is 39.5. The van der Waals surface area contributed by atoms with Crippen molar-refractivity contribution in [1.29, 1.82) is 5.26 Å². The number of hydrogen-bond donors (Lipinski definition) is 4. The Morgan fingerprint density at radius 3 is 2.48 bits per heavy atom. The van der Waals surface area contributed by atoms with Crippen LogP contribution >= 0.6 is 11.6 Å². The second-order valence-electron chi connectivity index (χ2n) is 18.1. The van der Waals surface area contributed by atoms with Gasteiger partial charge in [-0.05, 0) is 65.3 Å². The van der Waals surface area contributed by atoms with Crippen LogP contribution in [0, 0.1) is 11.3 Å². The third kappa shape index (κ3) is 9.68. The highest BCUT2D eigenvalue weighted by molar-refractivity contribution is 6.36. The Hall–Kier alpha value is -7.42. The molecule has 356 valence electrons. The average Bonchev–Trinajstić information content (AvgIpc) is 3.74. The van der Waals surface area contributed by atoms with E-state index in [4.69, 9.17) is 21.6 Å². The number of aromatic nitrogens is 5. The van der Waals surface area contributed by atoms with E-state index in [0.717, 1.165) is 45.6 Å². The van der Waals surface area contributed by atoms with Gasteiger partial charge in [0.25, 0.3) is 0 Å². The molecule has 0 aliphatic carbocycles. The van der Waals surface area contributed by atoms with E-state index in [1.54, 1.807) is 11.0 Å². The summed E-state index contributed by atoms with van der Waals surface area (Å²) in [6.45, 7) is 13.7. The molecule has 3 aliphatic heterocycles. The number of amides is 2. The van der Waals surface area contributed by atoms with Gasteiger partial charge < -0.3 is 35.1 Å². The van der Waals surface area contributed by atoms with E-state index in [0.29, 0.717) is 99.7 Å². The molecule has 2 fully saturated rings. The summed E-state index contributed by atoms with van der Waals surface area (Å²) in [5, 5.41) is 43.6. The van der Waals surface area contributed by atoms with Crippen molar-refractivity contribution >= 4 is 51.6 Å². The summed E-state index contributed by atoms with van der Waals surface area (Å²) in [6.07, 6.45) is 2.41. The molecule has 3 aliphatic rings. The van der Waals surface area contributed by atoms with Crippen molar-refractivity contribution in [2.75, 3.05) is 74.0 Å². The fourth-order valence-electron chi connectivity index (χ4n) is 9.79. The fourth-order valence-corrected chi connectivity index (χ4v) is 10.1. The summed E-state index contributed by atoms with van der Waals surface area (Å²) < 4.78 is 1.40. The molecule has 4 N–H and O–H groups in total. The van der Waals surface area contributed by atoms with E-state index in [9.17, 15) is 29.9 Å². The molecule has 18 heteroatoms. The number of phenolic OH excluding ortho intramolecular Hbond substituents is 2. The molecule has 0 spiro atoms. The number of nitriles is 1. The third-order valence-corrected chi connectivity index (χ3v) is 13.7. The first kappa shape index (κ1) is 46.7. The van der Waals surface area contributed by atoms with Gasteiger partial charge >= 0.3 is 5.69 Å². The van der Waals surface area contributed by atoms with Gasteiger partial charge in [0.05, 0.1) is 47.0 Å². The van der Waals surface area contributed by atoms with E-state index in [-0.39, 0.29) is 53.9 Å². The van der Waals surface area contributed by atoms with Gasteiger partial charge in [0, 0.05) is 94.6 Å². The number of phenols is 2. The number of nitrogens with one attached hydrogen (secondary N) is 2. The third-order valence-electron chi connectivity index (χ3n) is 13.4. The molecule has 0 saturated carbocycles. The SMILES string of the molecule is C=CC(=O)N1CCN(c2nc(NCCC(=O)N3CCN(Cc4ccc(-n5c(-c6cc(C(C)C)c(O)cc6O)n[nH]c5=O)cc4)CC3)nc3c2CCN(c2cccc4cccc(Cl)c24)C3)CC1CC#N. The highest BCUT2D eigenvalue weighted by atomic mass is 35.5. The molecule has 2 saturated heterocycles. The van der Waals surface area contributed by atoms with E-state index in [1.165, 1.54) is 16.7 Å². The number of carbonyl (C=O) groups excluding carboxylic acids is 2. The van der Waals surface area contributed by atoms with Crippen LogP contribution in [-0.4, -0.2) is 126 Å². The van der Waals surface area contributed by atoms with Crippen molar-refractivity contribution in [2.24, 2.45) is 0 Å². The molecule has 2 amide bonds. The van der Waals surface area contributed by atoms with E-state index < -0.39 is 5.69 Å².